The van der Waals surface area contributed by atoms with E-state index in [1.807, 2.05) is 6.92 Å². The average Bonchev–Trinajstić information content (AvgIpc) is 3.40. The molecule has 0 saturated heterocycles. The molecule has 0 bridgehead atoms. The lowest BCUT2D eigenvalue weighted by Gasteiger charge is -2.23. The van der Waals surface area contributed by atoms with Crippen molar-refractivity contribution in [1.29, 1.82) is 0 Å². The lowest BCUT2D eigenvalue weighted by molar-refractivity contribution is -0.170. The summed E-state index contributed by atoms with van der Waals surface area (Å²) >= 11 is 13.7. The SMILES string of the molecule is CC(SC1=NCCN1)C(=O)N(C)c1ccc(Cl)cc1C(=O)c1ccccc1Cl.O=C(O)CC(O)(CC(=O)O)C(=O)O. The van der Waals surface area contributed by atoms with Crippen molar-refractivity contribution in [1.82, 2.24) is 5.32 Å². The number of amidine groups is 1. The van der Waals surface area contributed by atoms with E-state index in [-0.39, 0.29) is 16.9 Å². The van der Waals surface area contributed by atoms with Gasteiger partial charge in [0.15, 0.2) is 16.6 Å². The second-order valence-electron chi connectivity index (χ2n) is 8.72. The molecule has 1 aliphatic rings. The third kappa shape index (κ3) is 9.46. The molecule has 2 aromatic carbocycles. The predicted molar refractivity (Wildman–Crippen MR) is 154 cm³/mol. The maximum Gasteiger partial charge on any atom is 0.336 e. The van der Waals surface area contributed by atoms with E-state index in [4.69, 9.17) is 43.6 Å². The highest BCUT2D eigenvalue weighted by molar-refractivity contribution is 8.14. The molecule has 0 aromatic heterocycles. The summed E-state index contributed by atoms with van der Waals surface area (Å²) in [7, 11) is 1.65. The lowest BCUT2D eigenvalue weighted by Crippen LogP contribution is -2.42. The number of nitrogens with one attached hydrogen (secondary N) is 1. The fourth-order valence-corrected chi connectivity index (χ4v) is 4.89. The van der Waals surface area contributed by atoms with Crippen molar-refractivity contribution >= 4 is 75.4 Å². The van der Waals surface area contributed by atoms with E-state index < -0.39 is 36.4 Å². The van der Waals surface area contributed by atoms with Gasteiger partial charge in [-0.05, 0) is 37.3 Å². The molecule has 1 amide bonds. The van der Waals surface area contributed by atoms with Crippen LogP contribution in [0.1, 0.15) is 35.7 Å². The van der Waals surface area contributed by atoms with Gasteiger partial charge >= 0.3 is 17.9 Å². The normalized spacial score (nSPS) is 13.1. The molecular formula is C26H27Cl2N3O9S. The molecule has 3 rings (SSSR count). The topological polar surface area (TPSA) is 194 Å². The van der Waals surface area contributed by atoms with Crippen molar-refractivity contribution in [2.24, 2.45) is 4.99 Å². The van der Waals surface area contributed by atoms with Crippen LogP contribution < -0.4 is 10.2 Å². The van der Waals surface area contributed by atoms with Gasteiger partial charge in [0.05, 0.1) is 35.3 Å². The number of aliphatic hydroxyl groups is 1. The van der Waals surface area contributed by atoms with Gasteiger partial charge in [-0.1, -0.05) is 47.1 Å². The molecule has 12 nitrogen and oxygen atoms in total. The number of aliphatic imine (C=N–C) groups is 1. The maximum absolute atomic E-state index is 13.1. The van der Waals surface area contributed by atoms with Crippen molar-refractivity contribution in [2.45, 2.75) is 30.6 Å². The van der Waals surface area contributed by atoms with Gasteiger partial charge in [-0.25, -0.2) is 4.79 Å². The van der Waals surface area contributed by atoms with E-state index >= 15 is 0 Å². The van der Waals surface area contributed by atoms with Gasteiger partial charge in [-0.3, -0.25) is 24.2 Å². The number of hydrogen-bond acceptors (Lipinski definition) is 9. The molecule has 0 radical (unpaired) electrons. The average molecular weight is 628 g/mol. The second kappa shape index (κ2) is 14.8. The van der Waals surface area contributed by atoms with Crippen LogP contribution in [-0.2, 0) is 19.2 Å². The minimum Gasteiger partial charge on any atom is -0.481 e. The van der Waals surface area contributed by atoms with E-state index in [2.05, 4.69) is 10.3 Å². The first kappa shape index (κ1) is 33.6. The zero-order valence-corrected chi connectivity index (χ0v) is 24.2. The number of hydrogen-bond donors (Lipinski definition) is 5. The van der Waals surface area contributed by atoms with E-state index in [9.17, 15) is 24.0 Å². The first-order valence-corrected chi connectivity index (χ1v) is 13.5. The number of benzene rings is 2. The Labute approximate surface area is 249 Å². The molecule has 5 N–H and O–H groups in total. The van der Waals surface area contributed by atoms with Gasteiger partial charge in [0.1, 0.15) is 0 Å². The van der Waals surface area contributed by atoms with Crippen LogP contribution in [0.15, 0.2) is 47.5 Å². The quantitative estimate of drug-likeness (QED) is 0.243. The van der Waals surface area contributed by atoms with Gasteiger partial charge in [0.25, 0.3) is 0 Å². The number of nitrogens with zero attached hydrogens (tertiary/aromatic N) is 2. The van der Waals surface area contributed by atoms with Crippen LogP contribution in [0.3, 0.4) is 0 Å². The summed E-state index contributed by atoms with van der Waals surface area (Å²) in [6, 6.07) is 11.7. The highest BCUT2D eigenvalue weighted by Gasteiger charge is 2.40. The number of carboxylic acid groups (broad SMARTS) is 3. The standard InChI is InChI=1S/C20H19Cl2N3O2S.C6H8O7/c1-12(28-20-23-9-10-24-20)19(27)25(2)17-8-7-13(21)11-15(17)18(26)14-5-3-4-6-16(14)22;7-3(8)1-6(13,5(11)12)2-4(9)10/h3-8,11-12H,9-10H2,1-2H3,(H,23,24);13H,1-2H2,(H,7,8)(H,9,10)(H,11,12). The number of aliphatic carboxylic acids is 3. The Hall–Kier alpha value is -3.65. The predicted octanol–water partition coefficient (Wildman–Crippen LogP) is 3.02. The number of carboxylic acids is 3. The van der Waals surface area contributed by atoms with Crippen LogP contribution in [0.25, 0.3) is 0 Å². The summed E-state index contributed by atoms with van der Waals surface area (Å²) in [6.45, 7) is 3.32. The molecule has 1 aliphatic heterocycles. The molecule has 2 aromatic rings. The third-order valence-corrected chi connectivity index (χ3v) is 7.20. The molecule has 41 heavy (non-hydrogen) atoms. The van der Waals surface area contributed by atoms with Gasteiger partial charge in [-0.2, -0.15) is 0 Å². The van der Waals surface area contributed by atoms with Gasteiger partial charge in [0, 0.05) is 29.7 Å². The summed E-state index contributed by atoms with van der Waals surface area (Å²) < 4.78 is 0. The van der Waals surface area contributed by atoms with Crippen LogP contribution >= 0.6 is 35.0 Å². The van der Waals surface area contributed by atoms with E-state index in [0.29, 0.717) is 33.4 Å². The number of rotatable bonds is 10. The van der Waals surface area contributed by atoms with Crippen LogP contribution in [0, 0.1) is 0 Å². The highest BCUT2D eigenvalue weighted by atomic mass is 35.5. The molecule has 0 fully saturated rings. The highest BCUT2D eigenvalue weighted by Crippen LogP contribution is 2.30. The minimum absolute atomic E-state index is 0.142. The Balaban J connectivity index is 0.000000383. The van der Waals surface area contributed by atoms with Crippen molar-refractivity contribution in [2.75, 3.05) is 25.0 Å². The van der Waals surface area contributed by atoms with E-state index in [0.717, 1.165) is 11.7 Å². The Morgan fingerprint density at radius 2 is 1.63 bits per heavy atom. The minimum atomic E-state index is -2.74. The molecule has 15 heteroatoms. The summed E-state index contributed by atoms with van der Waals surface area (Å²) in [5, 5.41) is 38.1. The molecular weight excluding hydrogens is 601 g/mol. The van der Waals surface area contributed by atoms with E-state index in [1.54, 1.807) is 49.5 Å². The number of carbonyl (C=O) groups is 5. The molecule has 0 saturated carbocycles. The fourth-order valence-electron chi connectivity index (χ4n) is 3.55. The fraction of sp³-hybridized carbons (Fsp3) is 0.308. The number of thioether (sulfide) groups is 1. The number of anilines is 1. The van der Waals surface area contributed by atoms with Gasteiger partial charge in [-0.15, -0.1) is 0 Å². The van der Waals surface area contributed by atoms with Crippen LogP contribution in [0.5, 0.6) is 0 Å². The Kier molecular flexibility index (Phi) is 12.1. The Morgan fingerprint density at radius 3 is 2.15 bits per heavy atom. The smallest absolute Gasteiger partial charge is 0.336 e. The molecule has 1 heterocycles. The first-order valence-electron chi connectivity index (χ1n) is 11.9. The second-order valence-corrected chi connectivity index (χ2v) is 10.9. The zero-order valence-electron chi connectivity index (χ0n) is 21.8. The zero-order chi connectivity index (χ0) is 30.9. The van der Waals surface area contributed by atoms with Crippen molar-refractivity contribution < 1.29 is 44.4 Å². The van der Waals surface area contributed by atoms with Crippen molar-refractivity contribution in [3.05, 3.63) is 63.6 Å². The number of amides is 1. The summed E-state index contributed by atoms with van der Waals surface area (Å²) in [4.78, 5) is 62.3. The third-order valence-electron chi connectivity index (χ3n) is 5.58. The summed E-state index contributed by atoms with van der Waals surface area (Å²) in [5.41, 5.74) is -1.57. The number of carbonyl (C=O) groups excluding carboxylic acids is 2. The first-order chi connectivity index (χ1) is 19.2. The molecule has 0 spiro atoms. The number of halogens is 2. The lowest BCUT2D eigenvalue weighted by atomic mass is 9.96. The maximum atomic E-state index is 13.1. The Bertz CT molecular complexity index is 1350. The largest absolute Gasteiger partial charge is 0.481 e. The molecule has 220 valence electrons. The molecule has 1 atom stereocenters. The van der Waals surface area contributed by atoms with Crippen LogP contribution in [-0.4, -0.2) is 86.2 Å². The monoisotopic (exact) mass is 627 g/mol. The van der Waals surface area contributed by atoms with E-state index in [1.165, 1.54) is 16.7 Å². The Morgan fingerprint density at radius 1 is 1.02 bits per heavy atom. The van der Waals surface area contributed by atoms with Crippen molar-refractivity contribution in [3.8, 4) is 0 Å². The van der Waals surface area contributed by atoms with Crippen LogP contribution in [0.2, 0.25) is 10.0 Å². The summed E-state index contributed by atoms with van der Waals surface area (Å²) in [6.07, 6.45) is -2.29. The molecule has 0 aliphatic carbocycles. The van der Waals surface area contributed by atoms with Crippen LogP contribution in [0.4, 0.5) is 5.69 Å². The van der Waals surface area contributed by atoms with Gasteiger partial charge < -0.3 is 30.6 Å². The molecule has 1 unspecified atom stereocenters. The van der Waals surface area contributed by atoms with Gasteiger partial charge in [0.2, 0.25) is 5.91 Å². The summed E-state index contributed by atoms with van der Waals surface area (Å²) in [5.74, 6) is -5.45. The van der Waals surface area contributed by atoms with Crippen molar-refractivity contribution in [3.63, 3.8) is 0 Å². The number of ketones is 1.